The molecule has 2 heterocycles. The van der Waals surface area contributed by atoms with Crippen molar-refractivity contribution in [2.75, 3.05) is 12.4 Å². The van der Waals surface area contributed by atoms with Gasteiger partial charge in [-0.05, 0) is 48.5 Å². The summed E-state index contributed by atoms with van der Waals surface area (Å²) in [7, 11) is 1.58. The number of methoxy groups -OCH3 is 1. The van der Waals surface area contributed by atoms with Gasteiger partial charge in [-0.3, -0.25) is 0 Å². The van der Waals surface area contributed by atoms with Crippen LogP contribution in [0.2, 0.25) is 5.02 Å². The third kappa shape index (κ3) is 3.97. The zero-order chi connectivity index (χ0) is 18.1. The molecular formula is C19H15Cl2N3O3. The number of benzene rings is 2. The Morgan fingerprint density at radius 1 is 1.07 bits per heavy atom. The van der Waals surface area contributed by atoms with Gasteiger partial charge in [-0.2, -0.15) is 9.98 Å². The number of amides is 2. The van der Waals surface area contributed by atoms with E-state index in [0.29, 0.717) is 28.0 Å². The second-order valence-corrected chi connectivity index (χ2v) is 6.09. The Hall–Kier alpha value is -2.83. The van der Waals surface area contributed by atoms with Crippen LogP contribution in [-0.4, -0.2) is 13.1 Å². The Kier molecular flexibility index (Phi) is 5.48. The van der Waals surface area contributed by atoms with E-state index in [1.54, 1.807) is 31.4 Å². The van der Waals surface area contributed by atoms with Crippen molar-refractivity contribution in [1.29, 1.82) is 0 Å². The summed E-state index contributed by atoms with van der Waals surface area (Å²) in [5.41, 5.74) is 1.71. The summed E-state index contributed by atoms with van der Waals surface area (Å²) in [5.74, 6) is 2.11. The molecule has 0 bridgehead atoms. The molecular weight excluding hydrogens is 389 g/mol. The Bertz CT molecular complexity index is 1130. The third-order valence-electron chi connectivity index (χ3n) is 3.97. The predicted molar refractivity (Wildman–Crippen MR) is 104 cm³/mol. The molecule has 8 heteroatoms. The molecule has 1 aliphatic rings. The molecule has 1 aromatic heterocycles. The summed E-state index contributed by atoms with van der Waals surface area (Å²) < 4.78 is 11.0. The molecule has 3 aromatic rings. The standard InChI is InChI=1S/C19H14ClN3O3.ClH/c1-25-18-6-2-11(8-14(18)20)17-7-4-13(26-17)10-21-12-3-5-15-16(9-12)23-19(24)22-15;/h2-9,21H,10H2,1H3;1H. The van der Waals surface area contributed by atoms with Crippen LogP contribution in [0, 0.1) is 0 Å². The zero-order valence-corrected chi connectivity index (χ0v) is 15.8. The van der Waals surface area contributed by atoms with Crippen molar-refractivity contribution in [3.8, 4) is 17.1 Å². The maximum atomic E-state index is 11.2. The summed E-state index contributed by atoms with van der Waals surface area (Å²) in [6.07, 6.45) is 0. The van der Waals surface area contributed by atoms with Crippen molar-refractivity contribution < 1.29 is 13.9 Å². The van der Waals surface area contributed by atoms with Crippen molar-refractivity contribution in [3.05, 3.63) is 70.0 Å². The Morgan fingerprint density at radius 3 is 2.67 bits per heavy atom. The molecule has 4 rings (SSSR count). The molecule has 0 radical (unpaired) electrons. The Balaban J connectivity index is 0.00000210. The van der Waals surface area contributed by atoms with Crippen LogP contribution in [0.1, 0.15) is 5.76 Å². The fraction of sp³-hybridized carbons (Fsp3) is 0.105. The molecule has 6 nitrogen and oxygen atoms in total. The van der Waals surface area contributed by atoms with Gasteiger partial charge in [-0.25, -0.2) is 4.79 Å². The Morgan fingerprint density at radius 2 is 1.89 bits per heavy atom. The molecule has 0 unspecified atom stereocenters. The molecule has 0 spiro atoms. The number of rotatable bonds is 5. The zero-order valence-electron chi connectivity index (χ0n) is 14.2. The van der Waals surface area contributed by atoms with E-state index in [1.807, 2.05) is 24.3 Å². The van der Waals surface area contributed by atoms with Gasteiger partial charge in [-0.1, -0.05) is 11.6 Å². The molecule has 2 amide bonds. The fourth-order valence-electron chi connectivity index (χ4n) is 2.69. The summed E-state index contributed by atoms with van der Waals surface area (Å²) in [6.45, 7) is 0.494. The number of ether oxygens (including phenoxy) is 1. The highest BCUT2D eigenvalue weighted by atomic mass is 35.5. The minimum Gasteiger partial charge on any atom is -0.495 e. The van der Waals surface area contributed by atoms with E-state index in [1.165, 1.54) is 0 Å². The van der Waals surface area contributed by atoms with Crippen LogP contribution in [0.4, 0.5) is 10.5 Å². The number of halogens is 2. The molecule has 0 atom stereocenters. The van der Waals surface area contributed by atoms with E-state index in [9.17, 15) is 4.79 Å². The molecule has 138 valence electrons. The minimum absolute atomic E-state index is 0. The van der Waals surface area contributed by atoms with E-state index in [0.717, 1.165) is 22.8 Å². The monoisotopic (exact) mass is 403 g/mol. The third-order valence-corrected chi connectivity index (χ3v) is 4.27. The van der Waals surface area contributed by atoms with Crippen LogP contribution in [0.3, 0.4) is 0 Å². The number of nitrogens with one attached hydrogen (secondary N) is 1. The van der Waals surface area contributed by atoms with Crippen LogP contribution in [0.25, 0.3) is 11.3 Å². The van der Waals surface area contributed by atoms with Crippen molar-refractivity contribution in [2.45, 2.75) is 6.54 Å². The van der Waals surface area contributed by atoms with E-state index in [-0.39, 0.29) is 12.4 Å². The highest BCUT2D eigenvalue weighted by Gasteiger charge is 2.09. The summed E-state index contributed by atoms with van der Waals surface area (Å²) in [4.78, 5) is 18.8. The number of hydrogen-bond donors (Lipinski definition) is 1. The normalized spacial score (nSPS) is 11.9. The molecule has 0 saturated heterocycles. The van der Waals surface area contributed by atoms with E-state index in [2.05, 4.69) is 15.3 Å². The van der Waals surface area contributed by atoms with Gasteiger partial charge in [0.05, 0.1) is 29.4 Å². The van der Waals surface area contributed by atoms with E-state index < -0.39 is 6.03 Å². The van der Waals surface area contributed by atoms with Crippen LogP contribution in [0.5, 0.6) is 5.75 Å². The number of hydrogen-bond acceptors (Lipinski definition) is 4. The van der Waals surface area contributed by atoms with Gasteiger partial charge in [0.2, 0.25) is 0 Å². The van der Waals surface area contributed by atoms with Gasteiger partial charge in [0.1, 0.15) is 17.3 Å². The molecule has 1 N–H and O–H groups in total. The molecule has 1 aliphatic heterocycles. The first-order valence-corrected chi connectivity index (χ1v) is 8.28. The largest absolute Gasteiger partial charge is 0.495 e. The second kappa shape index (κ2) is 7.82. The van der Waals surface area contributed by atoms with Crippen molar-refractivity contribution >= 4 is 35.7 Å². The lowest BCUT2D eigenvalue weighted by molar-refractivity contribution is 0.256. The number of furan rings is 1. The maximum Gasteiger partial charge on any atom is 0.368 e. The lowest BCUT2D eigenvalue weighted by atomic mass is 10.2. The number of nitrogens with zero attached hydrogens (tertiary/aromatic N) is 2. The first-order valence-electron chi connectivity index (χ1n) is 7.90. The number of carbonyl (C=O) groups excluding carboxylic acids is 1. The molecule has 2 aromatic carbocycles. The second-order valence-electron chi connectivity index (χ2n) is 5.68. The Labute approximate surface area is 166 Å². The van der Waals surface area contributed by atoms with Crippen LogP contribution in [-0.2, 0) is 6.54 Å². The lowest BCUT2D eigenvalue weighted by Crippen LogP contribution is -2.21. The van der Waals surface area contributed by atoms with Crippen LogP contribution < -0.4 is 20.8 Å². The van der Waals surface area contributed by atoms with Gasteiger partial charge < -0.3 is 14.5 Å². The topological polar surface area (TPSA) is 76.2 Å². The van der Waals surface area contributed by atoms with E-state index in [4.69, 9.17) is 20.8 Å². The first-order chi connectivity index (χ1) is 12.6. The fourth-order valence-corrected chi connectivity index (χ4v) is 2.94. The molecule has 27 heavy (non-hydrogen) atoms. The van der Waals surface area contributed by atoms with E-state index >= 15 is 0 Å². The maximum absolute atomic E-state index is 11.2. The number of urea groups is 1. The first kappa shape index (κ1) is 18.9. The van der Waals surface area contributed by atoms with Crippen LogP contribution in [0.15, 0.2) is 62.9 Å². The highest BCUT2D eigenvalue weighted by Crippen LogP contribution is 2.31. The van der Waals surface area contributed by atoms with Gasteiger partial charge in [0, 0.05) is 11.3 Å². The average Bonchev–Trinajstić information content (AvgIpc) is 3.25. The van der Waals surface area contributed by atoms with Gasteiger partial charge in [0.25, 0.3) is 0 Å². The van der Waals surface area contributed by atoms with Crippen molar-refractivity contribution in [3.63, 3.8) is 0 Å². The predicted octanol–water partition coefficient (Wildman–Crippen LogP) is 4.02. The quantitative estimate of drug-likeness (QED) is 0.697. The number of carbonyl (C=O) groups is 1. The minimum atomic E-state index is -0.467. The van der Waals surface area contributed by atoms with Gasteiger partial charge >= 0.3 is 6.03 Å². The van der Waals surface area contributed by atoms with Gasteiger partial charge in [-0.15, -0.1) is 12.4 Å². The lowest BCUT2D eigenvalue weighted by Gasteiger charge is -2.05. The summed E-state index contributed by atoms with van der Waals surface area (Å²) in [5, 5.41) is 4.95. The molecule has 0 fully saturated rings. The van der Waals surface area contributed by atoms with Crippen molar-refractivity contribution in [1.82, 2.24) is 0 Å². The van der Waals surface area contributed by atoms with Crippen LogP contribution >= 0.6 is 24.0 Å². The molecule has 0 aliphatic carbocycles. The smallest absolute Gasteiger partial charge is 0.368 e. The number of fused-ring (bicyclic) bond motifs is 1. The molecule has 0 saturated carbocycles. The summed E-state index contributed by atoms with van der Waals surface area (Å²) >= 11 is 6.16. The summed E-state index contributed by atoms with van der Waals surface area (Å²) in [6, 6.07) is 14.2. The average molecular weight is 404 g/mol. The number of anilines is 1. The highest BCUT2D eigenvalue weighted by molar-refractivity contribution is 6.32. The van der Waals surface area contributed by atoms with Crippen molar-refractivity contribution in [2.24, 2.45) is 9.98 Å². The van der Waals surface area contributed by atoms with Gasteiger partial charge in [0.15, 0.2) is 0 Å². The SMILES string of the molecule is COc1ccc(-c2ccc(CNc3ccc4c(c3)=NC(=O)N=4)o2)cc1Cl.Cl.